The molecule has 0 aliphatic heterocycles. The summed E-state index contributed by atoms with van der Waals surface area (Å²) in [5.74, 6) is 1.02. The standard InChI is InChI=1S/C20H19ClN2S/c21-19-6-8-20(9-7-19)24-11-10-22-13-16-12-18(15-23-14-16)17-4-2-1-3-5-17/h1-9,12,14-15,22H,10-11,13H2. The molecule has 4 heteroatoms. The van der Waals surface area contributed by atoms with Crippen molar-refractivity contribution in [3.8, 4) is 11.1 Å². The Kier molecular flexibility index (Phi) is 6.30. The van der Waals surface area contributed by atoms with Gasteiger partial charge in [0.1, 0.15) is 0 Å². The second kappa shape index (κ2) is 8.88. The SMILES string of the molecule is Clc1ccc(SCCNCc2cncc(-c3ccccc3)c2)cc1. The number of halogens is 1. The Morgan fingerprint density at radius 3 is 2.50 bits per heavy atom. The molecule has 0 aliphatic rings. The van der Waals surface area contributed by atoms with Crippen LogP contribution in [-0.2, 0) is 6.54 Å². The first-order valence-corrected chi connectivity index (χ1v) is 9.26. The van der Waals surface area contributed by atoms with E-state index in [2.05, 4.69) is 40.6 Å². The zero-order valence-electron chi connectivity index (χ0n) is 13.3. The smallest absolute Gasteiger partial charge is 0.0406 e. The van der Waals surface area contributed by atoms with Gasteiger partial charge in [-0.25, -0.2) is 0 Å². The Labute approximate surface area is 152 Å². The molecule has 0 amide bonds. The van der Waals surface area contributed by atoms with Crippen molar-refractivity contribution < 1.29 is 0 Å². The number of nitrogens with zero attached hydrogens (tertiary/aromatic N) is 1. The quantitative estimate of drug-likeness (QED) is 0.461. The van der Waals surface area contributed by atoms with Gasteiger partial charge in [0.25, 0.3) is 0 Å². The summed E-state index contributed by atoms with van der Waals surface area (Å²) in [6.07, 6.45) is 3.83. The molecule has 0 spiro atoms. The number of thioether (sulfide) groups is 1. The number of rotatable bonds is 7. The van der Waals surface area contributed by atoms with Crippen molar-refractivity contribution in [2.45, 2.75) is 11.4 Å². The van der Waals surface area contributed by atoms with Gasteiger partial charge in [0.2, 0.25) is 0 Å². The molecule has 2 nitrogen and oxygen atoms in total. The normalized spacial score (nSPS) is 10.7. The Balaban J connectivity index is 1.46. The van der Waals surface area contributed by atoms with Crippen molar-refractivity contribution >= 4 is 23.4 Å². The molecule has 1 aromatic heterocycles. The molecule has 24 heavy (non-hydrogen) atoms. The lowest BCUT2D eigenvalue weighted by Gasteiger charge is -2.07. The van der Waals surface area contributed by atoms with Crippen molar-refractivity contribution in [2.75, 3.05) is 12.3 Å². The van der Waals surface area contributed by atoms with Crippen LogP contribution in [0.3, 0.4) is 0 Å². The van der Waals surface area contributed by atoms with Gasteiger partial charge in [-0.2, -0.15) is 0 Å². The molecule has 0 radical (unpaired) electrons. The first-order valence-electron chi connectivity index (χ1n) is 7.90. The predicted octanol–water partition coefficient (Wildman–Crippen LogP) is 5.28. The molecule has 0 saturated carbocycles. The van der Waals surface area contributed by atoms with Gasteiger partial charge in [-0.05, 0) is 41.5 Å². The molecule has 0 saturated heterocycles. The van der Waals surface area contributed by atoms with Crippen LogP contribution in [0.25, 0.3) is 11.1 Å². The van der Waals surface area contributed by atoms with E-state index in [0.717, 1.165) is 29.4 Å². The average molecular weight is 355 g/mol. The zero-order valence-corrected chi connectivity index (χ0v) is 14.9. The van der Waals surface area contributed by atoms with Crippen LogP contribution in [0.2, 0.25) is 5.02 Å². The first kappa shape index (κ1) is 17.0. The molecular weight excluding hydrogens is 336 g/mol. The van der Waals surface area contributed by atoms with E-state index < -0.39 is 0 Å². The molecule has 122 valence electrons. The van der Waals surface area contributed by atoms with Crippen LogP contribution in [0.15, 0.2) is 78.0 Å². The summed E-state index contributed by atoms with van der Waals surface area (Å²) < 4.78 is 0. The third-order valence-electron chi connectivity index (χ3n) is 3.59. The van der Waals surface area contributed by atoms with E-state index in [4.69, 9.17) is 11.6 Å². The molecule has 0 unspecified atom stereocenters. The number of aromatic nitrogens is 1. The third-order valence-corrected chi connectivity index (χ3v) is 4.86. The highest BCUT2D eigenvalue weighted by atomic mass is 35.5. The number of benzene rings is 2. The van der Waals surface area contributed by atoms with Gasteiger partial charge in [-0.3, -0.25) is 4.98 Å². The summed E-state index contributed by atoms with van der Waals surface area (Å²) >= 11 is 7.72. The number of hydrogen-bond donors (Lipinski definition) is 1. The predicted molar refractivity (Wildman–Crippen MR) is 104 cm³/mol. The van der Waals surface area contributed by atoms with E-state index in [1.54, 1.807) is 0 Å². The monoisotopic (exact) mass is 354 g/mol. The van der Waals surface area contributed by atoms with Crippen molar-refractivity contribution in [3.63, 3.8) is 0 Å². The number of hydrogen-bond acceptors (Lipinski definition) is 3. The maximum Gasteiger partial charge on any atom is 0.0406 e. The van der Waals surface area contributed by atoms with Crippen LogP contribution in [-0.4, -0.2) is 17.3 Å². The molecule has 0 atom stereocenters. The molecule has 2 aromatic carbocycles. The Bertz CT molecular complexity index is 760. The molecule has 0 aliphatic carbocycles. The highest BCUT2D eigenvalue weighted by molar-refractivity contribution is 7.99. The maximum atomic E-state index is 5.89. The largest absolute Gasteiger partial charge is 0.312 e. The van der Waals surface area contributed by atoms with Gasteiger partial charge in [0.05, 0.1) is 0 Å². The summed E-state index contributed by atoms with van der Waals surface area (Å²) in [6.45, 7) is 1.78. The molecule has 3 aromatic rings. The van der Waals surface area contributed by atoms with Crippen molar-refractivity contribution in [1.29, 1.82) is 0 Å². The highest BCUT2D eigenvalue weighted by Gasteiger charge is 2.00. The summed E-state index contributed by atoms with van der Waals surface area (Å²) in [5.41, 5.74) is 3.56. The van der Waals surface area contributed by atoms with Crippen molar-refractivity contribution in [2.24, 2.45) is 0 Å². The first-order chi connectivity index (χ1) is 11.8. The summed E-state index contributed by atoms with van der Waals surface area (Å²) in [4.78, 5) is 5.60. The lowest BCUT2D eigenvalue weighted by Crippen LogP contribution is -2.16. The summed E-state index contributed by atoms with van der Waals surface area (Å²) in [7, 11) is 0. The van der Waals surface area contributed by atoms with E-state index >= 15 is 0 Å². The number of pyridine rings is 1. The van der Waals surface area contributed by atoms with Crippen molar-refractivity contribution in [3.05, 3.63) is 83.6 Å². The van der Waals surface area contributed by atoms with Crippen LogP contribution in [0, 0.1) is 0 Å². The lowest BCUT2D eigenvalue weighted by atomic mass is 10.1. The fourth-order valence-electron chi connectivity index (χ4n) is 2.38. The van der Waals surface area contributed by atoms with Crippen LogP contribution in [0.4, 0.5) is 0 Å². The van der Waals surface area contributed by atoms with Crippen LogP contribution in [0.1, 0.15) is 5.56 Å². The van der Waals surface area contributed by atoms with Gasteiger partial charge in [-0.15, -0.1) is 11.8 Å². The van der Waals surface area contributed by atoms with Gasteiger partial charge >= 0.3 is 0 Å². The average Bonchev–Trinajstić information content (AvgIpc) is 2.64. The number of nitrogens with one attached hydrogen (secondary N) is 1. The minimum absolute atomic E-state index is 0.781. The van der Waals surface area contributed by atoms with Gasteiger partial charge in [-0.1, -0.05) is 41.9 Å². The minimum Gasteiger partial charge on any atom is -0.312 e. The molecule has 1 N–H and O–H groups in total. The maximum absolute atomic E-state index is 5.89. The van der Waals surface area contributed by atoms with Crippen LogP contribution < -0.4 is 5.32 Å². The van der Waals surface area contributed by atoms with Crippen molar-refractivity contribution in [1.82, 2.24) is 10.3 Å². The van der Waals surface area contributed by atoms with Gasteiger partial charge in [0.15, 0.2) is 0 Å². The lowest BCUT2D eigenvalue weighted by molar-refractivity contribution is 0.730. The summed E-state index contributed by atoms with van der Waals surface area (Å²) in [6, 6.07) is 20.5. The Morgan fingerprint density at radius 1 is 0.917 bits per heavy atom. The summed E-state index contributed by atoms with van der Waals surface area (Å²) in [5, 5.41) is 4.26. The molecule has 0 bridgehead atoms. The van der Waals surface area contributed by atoms with Gasteiger partial charge in [0, 0.05) is 46.7 Å². The van der Waals surface area contributed by atoms with Crippen LogP contribution >= 0.6 is 23.4 Å². The molecule has 0 fully saturated rings. The minimum atomic E-state index is 0.781. The van der Waals surface area contributed by atoms with E-state index in [0.29, 0.717) is 0 Å². The third kappa shape index (κ3) is 5.10. The zero-order chi connectivity index (χ0) is 16.6. The molecule has 1 heterocycles. The van der Waals surface area contributed by atoms with E-state index in [-0.39, 0.29) is 0 Å². The molecular formula is C20H19ClN2S. The highest BCUT2D eigenvalue weighted by Crippen LogP contribution is 2.20. The Morgan fingerprint density at radius 2 is 1.71 bits per heavy atom. The molecule has 3 rings (SSSR count). The second-order valence-corrected chi connectivity index (χ2v) is 7.03. The van der Waals surface area contributed by atoms with E-state index in [9.17, 15) is 0 Å². The second-order valence-electron chi connectivity index (χ2n) is 5.43. The fraction of sp³-hybridized carbons (Fsp3) is 0.150. The van der Waals surface area contributed by atoms with Gasteiger partial charge < -0.3 is 5.32 Å². The topological polar surface area (TPSA) is 24.9 Å². The van der Waals surface area contributed by atoms with E-state index in [1.807, 2.05) is 54.5 Å². The van der Waals surface area contributed by atoms with Crippen LogP contribution in [0.5, 0.6) is 0 Å². The Hall–Kier alpha value is -1.81. The fourth-order valence-corrected chi connectivity index (χ4v) is 3.31. The van der Waals surface area contributed by atoms with E-state index in [1.165, 1.54) is 16.0 Å².